The van der Waals surface area contributed by atoms with Crippen molar-refractivity contribution in [1.82, 2.24) is 5.32 Å². The molecule has 0 bridgehead atoms. The molecule has 0 fully saturated rings. The SMILES string of the molecule is Cc1ccc(C(O)CNCc2cc(O)ccc2Br)cc1. The van der Waals surface area contributed by atoms with Gasteiger partial charge >= 0.3 is 0 Å². The fraction of sp³-hybridized carbons (Fsp3) is 0.250. The van der Waals surface area contributed by atoms with Gasteiger partial charge in [-0.25, -0.2) is 0 Å². The summed E-state index contributed by atoms with van der Waals surface area (Å²) >= 11 is 3.44. The Hall–Kier alpha value is -1.36. The summed E-state index contributed by atoms with van der Waals surface area (Å²) in [4.78, 5) is 0. The molecule has 0 heterocycles. The monoisotopic (exact) mass is 335 g/mol. The van der Waals surface area contributed by atoms with E-state index < -0.39 is 6.10 Å². The van der Waals surface area contributed by atoms with Gasteiger partial charge in [0.05, 0.1) is 6.10 Å². The number of benzene rings is 2. The number of aromatic hydroxyl groups is 1. The molecule has 2 aromatic rings. The molecule has 2 aromatic carbocycles. The van der Waals surface area contributed by atoms with Gasteiger partial charge in [-0.3, -0.25) is 0 Å². The minimum atomic E-state index is -0.535. The van der Waals surface area contributed by atoms with Crippen molar-refractivity contribution in [3.8, 4) is 5.75 Å². The third-order valence-electron chi connectivity index (χ3n) is 3.14. The van der Waals surface area contributed by atoms with Crippen LogP contribution in [0.3, 0.4) is 0 Å². The van der Waals surface area contributed by atoms with Crippen molar-refractivity contribution in [2.75, 3.05) is 6.54 Å². The van der Waals surface area contributed by atoms with Crippen molar-refractivity contribution in [1.29, 1.82) is 0 Å². The molecule has 1 unspecified atom stereocenters. The summed E-state index contributed by atoms with van der Waals surface area (Å²) in [5, 5.41) is 22.7. The van der Waals surface area contributed by atoms with E-state index in [4.69, 9.17) is 0 Å². The van der Waals surface area contributed by atoms with Crippen molar-refractivity contribution in [2.45, 2.75) is 19.6 Å². The third-order valence-corrected chi connectivity index (χ3v) is 3.92. The molecular weight excluding hydrogens is 318 g/mol. The van der Waals surface area contributed by atoms with Crippen LogP contribution in [-0.2, 0) is 6.54 Å². The maximum Gasteiger partial charge on any atom is 0.115 e. The van der Waals surface area contributed by atoms with Gasteiger partial charge in [0.15, 0.2) is 0 Å². The van der Waals surface area contributed by atoms with Gasteiger partial charge in [0.2, 0.25) is 0 Å². The highest BCUT2D eigenvalue weighted by atomic mass is 79.9. The average Bonchev–Trinajstić information content (AvgIpc) is 2.43. The van der Waals surface area contributed by atoms with Gasteiger partial charge in [0, 0.05) is 17.6 Å². The number of halogens is 1. The first-order chi connectivity index (χ1) is 9.56. The normalized spacial score (nSPS) is 12.3. The lowest BCUT2D eigenvalue weighted by molar-refractivity contribution is 0.174. The minimum Gasteiger partial charge on any atom is -0.508 e. The summed E-state index contributed by atoms with van der Waals surface area (Å²) < 4.78 is 0.938. The molecule has 0 saturated carbocycles. The Labute approximate surface area is 127 Å². The van der Waals surface area contributed by atoms with E-state index in [1.165, 1.54) is 5.56 Å². The summed E-state index contributed by atoms with van der Waals surface area (Å²) in [6.45, 7) is 3.07. The molecule has 20 heavy (non-hydrogen) atoms. The van der Waals surface area contributed by atoms with Crippen LogP contribution in [0.5, 0.6) is 5.75 Å². The molecule has 3 nitrogen and oxygen atoms in total. The Balaban J connectivity index is 1.89. The summed E-state index contributed by atoms with van der Waals surface area (Å²) in [7, 11) is 0. The Bertz CT molecular complexity index is 569. The summed E-state index contributed by atoms with van der Waals surface area (Å²) in [6, 6.07) is 13.0. The van der Waals surface area contributed by atoms with E-state index in [-0.39, 0.29) is 5.75 Å². The molecule has 1 atom stereocenters. The lowest BCUT2D eigenvalue weighted by Gasteiger charge is -2.13. The van der Waals surface area contributed by atoms with Gasteiger partial charge in [0.1, 0.15) is 5.75 Å². The van der Waals surface area contributed by atoms with Crippen molar-refractivity contribution in [3.05, 3.63) is 63.6 Å². The highest BCUT2D eigenvalue weighted by Crippen LogP contribution is 2.21. The van der Waals surface area contributed by atoms with Crippen molar-refractivity contribution < 1.29 is 10.2 Å². The van der Waals surface area contributed by atoms with E-state index in [1.54, 1.807) is 12.1 Å². The van der Waals surface area contributed by atoms with Gasteiger partial charge in [0.25, 0.3) is 0 Å². The zero-order chi connectivity index (χ0) is 14.5. The first kappa shape index (κ1) is 15.0. The third kappa shape index (κ3) is 4.07. The topological polar surface area (TPSA) is 52.5 Å². The van der Waals surface area contributed by atoms with Crippen molar-refractivity contribution in [3.63, 3.8) is 0 Å². The standard InChI is InChI=1S/C16H18BrNO2/c1-11-2-4-12(5-3-11)16(20)10-18-9-13-8-14(19)6-7-15(13)17/h2-8,16,18-20H,9-10H2,1H3. The van der Waals surface area contributed by atoms with E-state index in [0.29, 0.717) is 13.1 Å². The predicted octanol–water partition coefficient (Wildman–Crippen LogP) is 3.29. The van der Waals surface area contributed by atoms with Crippen LogP contribution < -0.4 is 5.32 Å². The van der Waals surface area contributed by atoms with Gasteiger partial charge in [-0.2, -0.15) is 0 Å². The van der Waals surface area contributed by atoms with E-state index in [2.05, 4.69) is 21.2 Å². The van der Waals surface area contributed by atoms with Gasteiger partial charge in [-0.1, -0.05) is 45.8 Å². The summed E-state index contributed by atoms with van der Waals surface area (Å²) in [6.07, 6.45) is -0.535. The number of rotatable bonds is 5. The zero-order valence-corrected chi connectivity index (χ0v) is 12.9. The molecular formula is C16H18BrNO2. The second kappa shape index (κ2) is 6.88. The van der Waals surface area contributed by atoms with E-state index in [1.807, 2.05) is 37.3 Å². The first-order valence-electron chi connectivity index (χ1n) is 6.49. The first-order valence-corrected chi connectivity index (χ1v) is 7.28. The van der Waals surface area contributed by atoms with Crippen LogP contribution in [0.2, 0.25) is 0 Å². The number of hydrogen-bond acceptors (Lipinski definition) is 3. The zero-order valence-electron chi connectivity index (χ0n) is 11.3. The molecule has 0 saturated heterocycles. The molecule has 2 rings (SSSR count). The van der Waals surface area contributed by atoms with Gasteiger partial charge in [-0.15, -0.1) is 0 Å². The smallest absolute Gasteiger partial charge is 0.115 e. The summed E-state index contributed by atoms with van der Waals surface area (Å²) in [5.74, 6) is 0.240. The van der Waals surface area contributed by atoms with Crippen LogP contribution in [0.4, 0.5) is 0 Å². The molecule has 0 aliphatic carbocycles. The van der Waals surface area contributed by atoms with E-state index >= 15 is 0 Å². The minimum absolute atomic E-state index is 0.240. The van der Waals surface area contributed by atoms with Crippen LogP contribution in [-0.4, -0.2) is 16.8 Å². The number of nitrogens with one attached hydrogen (secondary N) is 1. The number of hydrogen-bond donors (Lipinski definition) is 3. The Kier molecular flexibility index (Phi) is 5.17. The van der Waals surface area contributed by atoms with Crippen LogP contribution in [0.15, 0.2) is 46.9 Å². The van der Waals surface area contributed by atoms with Crippen LogP contribution >= 0.6 is 15.9 Å². The molecule has 0 aliphatic heterocycles. The number of phenols is 1. The predicted molar refractivity (Wildman–Crippen MR) is 83.7 cm³/mol. The molecule has 4 heteroatoms. The van der Waals surface area contributed by atoms with Crippen LogP contribution in [0.25, 0.3) is 0 Å². The maximum atomic E-state index is 10.1. The summed E-state index contributed by atoms with van der Waals surface area (Å²) in [5.41, 5.74) is 3.04. The molecule has 0 spiro atoms. The number of aliphatic hydroxyl groups excluding tert-OH is 1. The Morgan fingerprint density at radius 1 is 1.15 bits per heavy atom. The van der Waals surface area contributed by atoms with Crippen molar-refractivity contribution in [2.24, 2.45) is 0 Å². The Morgan fingerprint density at radius 2 is 1.85 bits per heavy atom. The number of aryl methyl sites for hydroxylation is 1. The lowest BCUT2D eigenvalue weighted by atomic mass is 10.1. The second-order valence-corrected chi connectivity index (χ2v) is 5.69. The molecule has 0 aromatic heterocycles. The highest BCUT2D eigenvalue weighted by Gasteiger charge is 2.07. The molecule has 0 aliphatic rings. The van der Waals surface area contributed by atoms with Crippen molar-refractivity contribution >= 4 is 15.9 Å². The van der Waals surface area contributed by atoms with Gasteiger partial charge < -0.3 is 15.5 Å². The maximum absolute atomic E-state index is 10.1. The quantitative estimate of drug-likeness (QED) is 0.785. The molecule has 106 valence electrons. The largest absolute Gasteiger partial charge is 0.508 e. The Morgan fingerprint density at radius 3 is 2.55 bits per heavy atom. The fourth-order valence-electron chi connectivity index (χ4n) is 1.95. The second-order valence-electron chi connectivity index (χ2n) is 4.83. The van der Waals surface area contributed by atoms with Gasteiger partial charge in [-0.05, 0) is 36.2 Å². The fourth-order valence-corrected chi connectivity index (χ4v) is 2.33. The van der Waals surface area contributed by atoms with E-state index in [0.717, 1.165) is 15.6 Å². The van der Waals surface area contributed by atoms with E-state index in [9.17, 15) is 10.2 Å². The van der Waals surface area contributed by atoms with Crippen LogP contribution in [0, 0.1) is 6.92 Å². The molecule has 3 N–H and O–H groups in total. The lowest BCUT2D eigenvalue weighted by Crippen LogP contribution is -2.21. The number of aliphatic hydroxyl groups is 1. The molecule has 0 radical (unpaired) electrons. The average molecular weight is 336 g/mol. The number of phenolic OH excluding ortho intramolecular Hbond substituents is 1. The highest BCUT2D eigenvalue weighted by molar-refractivity contribution is 9.10. The van der Waals surface area contributed by atoms with Crippen LogP contribution in [0.1, 0.15) is 22.8 Å². The molecule has 0 amide bonds.